The summed E-state index contributed by atoms with van der Waals surface area (Å²) in [6.07, 6.45) is 16.2. The highest BCUT2D eigenvalue weighted by Crippen LogP contribution is 2.42. The van der Waals surface area contributed by atoms with Gasteiger partial charge in [-0.1, -0.05) is 114 Å². The van der Waals surface area contributed by atoms with Crippen LogP contribution in [0.25, 0.3) is 33.4 Å². The maximum absolute atomic E-state index is 13.2. The van der Waals surface area contributed by atoms with E-state index in [2.05, 4.69) is 10.0 Å². The minimum atomic E-state index is -4.18. The summed E-state index contributed by atoms with van der Waals surface area (Å²) in [6, 6.07) is 25.0. The zero-order valence-corrected chi connectivity index (χ0v) is 44.9. The summed E-state index contributed by atoms with van der Waals surface area (Å²) in [5, 5.41) is 15.1. The van der Waals surface area contributed by atoms with Crippen LogP contribution in [0.1, 0.15) is 136 Å². The van der Waals surface area contributed by atoms with Gasteiger partial charge in [-0.2, -0.15) is 0 Å². The molecule has 0 radical (unpaired) electrons. The smallest absolute Gasteiger partial charge is 0.478 e. The molecule has 1 amide bonds. The van der Waals surface area contributed by atoms with Gasteiger partial charge < -0.3 is 43.0 Å². The lowest BCUT2D eigenvalue weighted by molar-refractivity contribution is 0.0697. The first-order chi connectivity index (χ1) is 33.9. The van der Waals surface area contributed by atoms with Crippen molar-refractivity contribution in [2.75, 3.05) is 46.2 Å². The Balaban J connectivity index is 0.913. The number of amides is 1. The number of sulfonamides is 1. The van der Waals surface area contributed by atoms with Crippen molar-refractivity contribution in [3.05, 3.63) is 101 Å². The summed E-state index contributed by atoms with van der Waals surface area (Å²) in [6.45, 7) is 0.886. The number of carbonyl (C=O) groups excluding carboxylic acids is 1. The summed E-state index contributed by atoms with van der Waals surface area (Å²) >= 11 is 0. The molecule has 0 aromatic heterocycles. The Morgan fingerprint density at radius 1 is 0.648 bits per heavy atom. The van der Waals surface area contributed by atoms with Crippen molar-refractivity contribution in [3.8, 4) is 22.5 Å². The van der Waals surface area contributed by atoms with Crippen molar-refractivity contribution in [1.82, 2.24) is 14.6 Å². The Labute approximate surface area is 422 Å². The van der Waals surface area contributed by atoms with E-state index in [4.69, 9.17) is 8.53 Å². The summed E-state index contributed by atoms with van der Waals surface area (Å²) in [4.78, 5) is 70.0. The number of hydrogen-bond donors (Lipinski definition) is 7. The number of aromatic carboxylic acids is 1. The number of unbranched alkanes of at least 4 members (excludes halogenated alkanes) is 16. The van der Waals surface area contributed by atoms with Gasteiger partial charge in [0.15, 0.2) is 0 Å². The van der Waals surface area contributed by atoms with Gasteiger partial charge in [0, 0.05) is 79.2 Å². The number of hydrogen-bond acceptors (Lipinski definition) is 11. The van der Waals surface area contributed by atoms with E-state index >= 15 is 0 Å². The molecule has 1 heterocycles. The maximum Gasteiger partial charge on any atom is 0.488 e. The van der Waals surface area contributed by atoms with Crippen LogP contribution in [0, 0.1) is 0 Å². The molecule has 3 aromatic rings. The van der Waals surface area contributed by atoms with Crippen LogP contribution < -0.4 is 24.9 Å². The first-order valence-corrected chi connectivity index (χ1v) is 30.9. The van der Waals surface area contributed by atoms with Crippen molar-refractivity contribution in [2.45, 2.75) is 133 Å². The molecule has 71 heavy (non-hydrogen) atoms. The minimum Gasteiger partial charge on any atom is -0.478 e. The molecule has 3 aromatic carbocycles. The predicted octanol–water partition coefficient (Wildman–Crippen LogP) is 8.59. The SMILES string of the molecule is CN(C)c1ccc2c(-c3ccc(C(=O)NCCCCCCCCCCC[Si](O)(O)O[Si](O)(O)CCCCCCCCCCCNS(=O)(=O)c4ccccc4)cc3C(=O)O)c3ccc(=[N+](C)C)cc-3oc2c1. The number of carboxylic acid groups (broad SMARTS) is 1. The van der Waals surface area contributed by atoms with Gasteiger partial charge in [-0.05, 0) is 73.7 Å². The highest BCUT2D eigenvalue weighted by atomic mass is 32.2. The summed E-state index contributed by atoms with van der Waals surface area (Å²) in [5.41, 5.74) is 3.85. The van der Waals surface area contributed by atoms with E-state index in [1.54, 1.807) is 42.5 Å². The van der Waals surface area contributed by atoms with Gasteiger partial charge in [0.2, 0.25) is 15.4 Å². The van der Waals surface area contributed by atoms with Crippen LogP contribution in [0.3, 0.4) is 0 Å². The van der Waals surface area contributed by atoms with E-state index in [-0.39, 0.29) is 34.0 Å². The van der Waals surface area contributed by atoms with E-state index in [9.17, 15) is 42.3 Å². The molecule has 0 bridgehead atoms. The number of nitrogens with one attached hydrogen (secondary N) is 2. The lowest BCUT2D eigenvalue weighted by atomic mass is 9.89. The summed E-state index contributed by atoms with van der Waals surface area (Å²) in [7, 11) is -4.02. The number of nitrogens with zero attached hydrogens (tertiary/aromatic N) is 2. The van der Waals surface area contributed by atoms with Crippen molar-refractivity contribution in [3.63, 3.8) is 0 Å². The van der Waals surface area contributed by atoms with Crippen LogP contribution in [0.15, 0.2) is 94.2 Å². The van der Waals surface area contributed by atoms with Gasteiger partial charge in [-0.3, -0.25) is 4.79 Å². The molecule has 18 heteroatoms. The van der Waals surface area contributed by atoms with Crippen LogP contribution in [0.2, 0.25) is 12.1 Å². The molecule has 1 aliphatic heterocycles. The van der Waals surface area contributed by atoms with Crippen LogP contribution in [-0.2, 0) is 14.1 Å². The zero-order chi connectivity index (χ0) is 51.4. The molecule has 2 aliphatic rings. The topological polar surface area (TPSA) is 222 Å². The fourth-order valence-corrected chi connectivity index (χ4v) is 14.2. The fourth-order valence-electron chi connectivity index (χ4n) is 8.79. The van der Waals surface area contributed by atoms with E-state index in [1.165, 1.54) is 6.07 Å². The van der Waals surface area contributed by atoms with Crippen LogP contribution in [0.5, 0.6) is 0 Å². The molecule has 0 spiro atoms. The monoisotopic (exact) mass is 1030 g/mol. The van der Waals surface area contributed by atoms with Crippen LogP contribution in [0.4, 0.5) is 5.69 Å². The van der Waals surface area contributed by atoms with Crippen molar-refractivity contribution in [1.29, 1.82) is 0 Å². The number of fused-ring (bicyclic) bond motifs is 2. The van der Waals surface area contributed by atoms with Gasteiger partial charge in [-0.15, -0.1) is 0 Å². The van der Waals surface area contributed by atoms with E-state index in [1.807, 2.05) is 74.1 Å². The quantitative estimate of drug-likeness (QED) is 0.00932. The van der Waals surface area contributed by atoms with Crippen molar-refractivity contribution >= 4 is 56.2 Å². The largest absolute Gasteiger partial charge is 0.488 e. The lowest BCUT2D eigenvalue weighted by Gasteiger charge is -2.25. The zero-order valence-electron chi connectivity index (χ0n) is 42.1. The third-order valence-electron chi connectivity index (χ3n) is 12.8. The summed E-state index contributed by atoms with van der Waals surface area (Å²) in [5.74, 6) is -0.841. The van der Waals surface area contributed by atoms with Gasteiger partial charge in [0.05, 0.1) is 16.5 Å². The van der Waals surface area contributed by atoms with Crippen molar-refractivity contribution < 1.29 is 50.8 Å². The second kappa shape index (κ2) is 27.9. The number of carbonyl (C=O) groups is 2. The van der Waals surface area contributed by atoms with Gasteiger partial charge >= 0.3 is 23.6 Å². The number of anilines is 1. The molecule has 0 fully saturated rings. The maximum atomic E-state index is 13.2. The van der Waals surface area contributed by atoms with E-state index in [0.717, 1.165) is 130 Å². The number of rotatable bonds is 32. The van der Waals surface area contributed by atoms with Gasteiger partial charge in [-0.25, -0.2) is 22.5 Å². The van der Waals surface area contributed by atoms with E-state index in [0.29, 0.717) is 42.8 Å². The average molecular weight is 1030 g/mol. The van der Waals surface area contributed by atoms with Crippen molar-refractivity contribution in [2.24, 2.45) is 0 Å². The molecular weight excluding hydrogens is 957 g/mol. The second-order valence-corrected chi connectivity index (χ2v) is 25.7. The van der Waals surface area contributed by atoms with Gasteiger partial charge in [0.1, 0.15) is 25.4 Å². The molecule has 7 N–H and O–H groups in total. The molecular formula is C53H77N4O11SSi2+. The predicted molar refractivity (Wildman–Crippen MR) is 285 cm³/mol. The molecule has 0 unspecified atom stereocenters. The highest BCUT2D eigenvalue weighted by molar-refractivity contribution is 7.89. The Morgan fingerprint density at radius 2 is 1.18 bits per heavy atom. The minimum absolute atomic E-state index is 0.0271. The molecule has 0 saturated heterocycles. The third-order valence-corrected chi connectivity index (χ3v) is 18.9. The Kier molecular flexibility index (Phi) is 22.4. The Hall–Kier alpha value is -4.77. The second-order valence-electron chi connectivity index (χ2n) is 19.1. The first kappa shape index (κ1) is 57.1. The summed E-state index contributed by atoms with van der Waals surface area (Å²) < 4.78 is 40.8. The standard InChI is InChI=1S/C53H76N4O11SSi2/c1-56(2)42-29-32-46-49(39-42)67-50-40-43(57(3)4)30-33-47(50)51(46)45-31-28-41(38-48(45)53(59)60)52(58)54-34-22-15-11-7-5-9-13-17-24-36-70(63,64)68-71(65,66)37-25-18-14-10-6-8-12-16-23-35-55-69(61,62)44-26-20-19-21-27-44/h19-21,26-33,38-40,55,63-66H,5-18,22-25,34-37H2,1-4H3,(H-,54,58,59,60)/p+1. The molecule has 5 rings (SSSR count). The number of benzene rings is 4. The first-order valence-electron chi connectivity index (χ1n) is 25.4. The molecule has 388 valence electrons. The fraction of sp³-hybridized carbons (Fsp3) is 0.491. The lowest BCUT2D eigenvalue weighted by Crippen LogP contribution is -2.52. The van der Waals surface area contributed by atoms with E-state index < -0.39 is 33.6 Å². The molecule has 1 aliphatic carbocycles. The molecule has 0 saturated carbocycles. The van der Waals surface area contributed by atoms with Gasteiger partial charge in [0.25, 0.3) is 5.91 Å². The molecule has 0 atom stereocenters. The average Bonchev–Trinajstić information content (AvgIpc) is 3.33. The van der Waals surface area contributed by atoms with Crippen LogP contribution in [-0.4, -0.2) is 103 Å². The Morgan fingerprint density at radius 3 is 1.73 bits per heavy atom. The Bertz CT molecular complexity index is 2640. The molecule has 15 nitrogen and oxygen atoms in total. The third kappa shape index (κ3) is 18.3. The van der Waals surface area contributed by atoms with Crippen LogP contribution >= 0.6 is 0 Å². The normalized spacial score (nSPS) is 12.2. The highest BCUT2D eigenvalue weighted by Gasteiger charge is 2.44. The number of carboxylic acids is 1.